The summed E-state index contributed by atoms with van der Waals surface area (Å²) < 4.78 is 11.4. The Balaban J connectivity index is 2.27. The van der Waals surface area contributed by atoms with Gasteiger partial charge >= 0.3 is 0 Å². The normalized spacial score (nSPS) is 14.0. The number of aromatic nitrogens is 1. The van der Waals surface area contributed by atoms with Crippen LogP contribution in [0.1, 0.15) is 28.3 Å². The molecule has 2 heterocycles. The van der Waals surface area contributed by atoms with E-state index in [1.807, 2.05) is 18.3 Å². The molecule has 0 amide bonds. The molecule has 0 saturated carbocycles. The molecule has 3 rings (SSSR count). The molecule has 0 radical (unpaired) electrons. The maximum atomic E-state index is 9.49. The van der Waals surface area contributed by atoms with Crippen LogP contribution in [0.5, 0.6) is 11.5 Å². The largest absolute Gasteiger partial charge is 0.493 e. The van der Waals surface area contributed by atoms with Crippen molar-refractivity contribution in [2.75, 3.05) is 30.5 Å². The standard InChI is InChI=1S/C22H22N8O2/c1-4-6-12-8-13(9-15(31-3)19(12)32-7-5-2)18-16-17(25)14(10-23)20(26)29-21(16)30-22(28-18)27-11-24/h4-5,8-9,18H,1-2,6-7H2,3H3,(H6,25,26,27,28,29,30). The topological polar surface area (TPSA) is 167 Å². The number of pyridine rings is 1. The van der Waals surface area contributed by atoms with E-state index >= 15 is 0 Å². The Morgan fingerprint density at radius 2 is 2.06 bits per heavy atom. The first-order valence-corrected chi connectivity index (χ1v) is 9.53. The van der Waals surface area contributed by atoms with E-state index < -0.39 is 6.04 Å². The number of nitrogens with two attached hydrogens (primary N) is 2. The number of aliphatic imine (C=N–C) groups is 1. The molecular weight excluding hydrogens is 408 g/mol. The molecule has 10 nitrogen and oxygen atoms in total. The fraction of sp³-hybridized carbons (Fsp3) is 0.182. The van der Waals surface area contributed by atoms with E-state index in [9.17, 15) is 5.26 Å². The van der Waals surface area contributed by atoms with Crippen LogP contribution in [0.15, 0.2) is 42.4 Å². The van der Waals surface area contributed by atoms with Crippen molar-refractivity contribution in [3.63, 3.8) is 0 Å². The molecule has 1 aliphatic heterocycles. The molecule has 0 fully saturated rings. The SMILES string of the molecule is C=CCOc1c(CC=C)cc(C2N=C(NC#N)Nc3nc(N)c(C#N)c(N)c32)cc1OC. The summed E-state index contributed by atoms with van der Waals surface area (Å²) in [5, 5.41) is 23.9. The minimum Gasteiger partial charge on any atom is -0.493 e. The fourth-order valence-corrected chi connectivity index (χ4v) is 3.43. The van der Waals surface area contributed by atoms with Crippen LogP contribution in [0.3, 0.4) is 0 Å². The van der Waals surface area contributed by atoms with Crippen molar-refractivity contribution in [2.45, 2.75) is 12.5 Å². The lowest BCUT2D eigenvalue weighted by atomic mass is 9.93. The lowest BCUT2D eigenvalue weighted by Crippen LogP contribution is -2.32. The first-order chi connectivity index (χ1) is 15.5. The second kappa shape index (κ2) is 9.41. The average Bonchev–Trinajstić information content (AvgIpc) is 2.77. The van der Waals surface area contributed by atoms with E-state index in [-0.39, 0.29) is 23.0 Å². The number of nitriles is 2. The van der Waals surface area contributed by atoms with Crippen LogP contribution in [-0.2, 0) is 6.42 Å². The molecule has 1 aliphatic rings. The van der Waals surface area contributed by atoms with Crippen LogP contribution in [0.25, 0.3) is 0 Å². The van der Waals surface area contributed by atoms with Crippen molar-refractivity contribution < 1.29 is 9.47 Å². The number of nitrogen functional groups attached to an aromatic ring is 2. The predicted octanol–water partition coefficient (Wildman–Crippen LogP) is 2.36. The monoisotopic (exact) mass is 430 g/mol. The van der Waals surface area contributed by atoms with Crippen molar-refractivity contribution in [1.82, 2.24) is 10.3 Å². The van der Waals surface area contributed by atoms with E-state index in [1.165, 1.54) is 7.11 Å². The molecule has 1 aromatic carbocycles. The van der Waals surface area contributed by atoms with Crippen LogP contribution in [-0.4, -0.2) is 24.7 Å². The lowest BCUT2D eigenvalue weighted by molar-refractivity contribution is 0.323. The molecular formula is C22H22N8O2. The van der Waals surface area contributed by atoms with Gasteiger partial charge in [0.25, 0.3) is 0 Å². The van der Waals surface area contributed by atoms with E-state index in [1.54, 1.807) is 18.2 Å². The molecule has 1 aromatic heterocycles. The first kappa shape index (κ1) is 22.0. The van der Waals surface area contributed by atoms with Gasteiger partial charge in [0.05, 0.1) is 12.8 Å². The highest BCUT2D eigenvalue weighted by atomic mass is 16.5. The van der Waals surface area contributed by atoms with Crippen molar-refractivity contribution in [3.05, 3.63) is 59.7 Å². The zero-order chi connectivity index (χ0) is 23.3. The summed E-state index contributed by atoms with van der Waals surface area (Å²) in [5.74, 6) is 1.48. The maximum absolute atomic E-state index is 9.49. The second-order valence-electron chi connectivity index (χ2n) is 6.71. The highest BCUT2D eigenvalue weighted by molar-refractivity contribution is 5.98. The molecule has 6 N–H and O–H groups in total. The number of nitrogens with one attached hydrogen (secondary N) is 2. The Morgan fingerprint density at radius 1 is 1.28 bits per heavy atom. The molecule has 1 unspecified atom stereocenters. The predicted molar refractivity (Wildman–Crippen MR) is 122 cm³/mol. The summed E-state index contributed by atoms with van der Waals surface area (Å²) in [6.45, 7) is 7.79. The number of hydrogen-bond acceptors (Lipinski definition) is 10. The maximum Gasteiger partial charge on any atom is 0.211 e. The molecule has 162 valence electrons. The van der Waals surface area contributed by atoms with Gasteiger partial charge in [-0.15, -0.1) is 6.58 Å². The third kappa shape index (κ3) is 3.98. The summed E-state index contributed by atoms with van der Waals surface area (Å²) in [6.07, 6.45) is 5.71. The van der Waals surface area contributed by atoms with Crippen molar-refractivity contribution >= 4 is 23.3 Å². The van der Waals surface area contributed by atoms with E-state index in [4.69, 9.17) is 26.2 Å². The minimum absolute atomic E-state index is 0.0219. The van der Waals surface area contributed by atoms with Gasteiger partial charge < -0.3 is 26.3 Å². The molecule has 0 spiro atoms. The number of fused-ring (bicyclic) bond motifs is 1. The lowest BCUT2D eigenvalue weighted by Gasteiger charge is -2.27. The van der Waals surface area contributed by atoms with Crippen LogP contribution in [0.2, 0.25) is 0 Å². The van der Waals surface area contributed by atoms with E-state index in [0.29, 0.717) is 41.5 Å². The minimum atomic E-state index is -0.701. The highest BCUT2D eigenvalue weighted by Crippen LogP contribution is 2.43. The molecule has 2 aromatic rings. The summed E-state index contributed by atoms with van der Waals surface area (Å²) >= 11 is 0. The van der Waals surface area contributed by atoms with E-state index in [0.717, 1.165) is 5.56 Å². The second-order valence-corrected chi connectivity index (χ2v) is 6.71. The van der Waals surface area contributed by atoms with Gasteiger partial charge in [0.15, 0.2) is 17.7 Å². The van der Waals surface area contributed by atoms with Crippen LogP contribution in [0.4, 0.5) is 17.3 Å². The van der Waals surface area contributed by atoms with Gasteiger partial charge in [0.1, 0.15) is 35.9 Å². The summed E-state index contributed by atoms with van der Waals surface area (Å²) in [4.78, 5) is 8.84. The number of guanidine groups is 1. The van der Waals surface area contributed by atoms with Crippen molar-refractivity contribution in [1.29, 1.82) is 10.5 Å². The quantitative estimate of drug-likeness (QED) is 0.293. The van der Waals surface area contributed by atoms with Gasteiger partial charge in [-0.1, -0.05) is 18.7 Å². The van der Waals surface area contributed by atoms with Gasteiger partial charge in [-0.3, -0.25) is 5.32 Å². The van der Waals surface area contributed by atoms with Gasteiger partial charge in [0, 0.05) is 11.1 Å². The van der Waals surface area contributed by atoms with Gasteiger partial charge in [-0.25, -0.2) is 9.98 Å². The number of methoxy groups -OCH3 is 1. The number of hydrogen-bond donors (Lipinski definition) is 4. The molecule has 0 saturated heterocycles. The van der Waals surface area contributed by atoms with Crippen molar-refractivity contribution in [3.8, 4) is 23.8 Å². The van der Waals surface area contributed by atoms with Gasteiger partial charge in [-0.05, 0) is 24.1 Å². The number of allylic oxidation sites excluding steroid dienone is 1. The average molecular weight is 430 g/mol. The summed E-state index contributed by atoms with van der Waals surface area (Å²) in [5.41, 5.74) is 14.4. The Hall–Kier alpha value is -4.70. The fourth-order valence-electron chi connectivity index (χ4n) is 3.43. The number of nitrogens with zero attached hydrogens (tertiary/aromatic N) is 4. The molecule has 10 heteroatoms. The van der Waals surface area contributed by atoms with E-state index in [2.05, 4.69) is 33.8 Å². The summed E-state index contributed by atoms with van der Waals surface area (Å²) in [7, 11) is 1.53. The number of rotatable bonds is 7. The zero-order valence-corrected chi connectivity index (χ0v) is 17.5. The number of benzene rings is 1. The Labute approximate surface area is 185 Å². The first-order valence-electron chi connectivity index (χ1n) is 9.53. The highest BCUT2D eigenvalue weighted by Gasteiger charge is 2.31. The number of anilines is 3. The number of ether oxygens (including phenoxy) is 2. The van der Waals surface area contributed by atoms with Gasteiger partial charge in [-0.2, -0.15) is 10.5 Å². The molecule has 32 heavy (non-hydrogen) atoms. The third-order valence-corrected chi connectivity index (χ3v) is 4.76. The van der Waals surface area contributed by atoms with Crippen molar-refractivity contribution in [2.24, 2.45) is 4.99 Å². The molecule has 0 aliphatic carbocycles. The Bertz CT molecular complexity index is 1190. The van der Waals surface area contributed by atoms with Gasteiger partial charge in [0.2, 0.25) is 5.96 Å². The summed E-state index contributed by atoms with van der Waals surface area (Å²) in [6, 6.07) is 4.93. The molecule has 0 bridgehead atoms. The van der Waals surface area contributed by atoms with Crippen LogP contribution in [0, 0.1) is 22.8 Å². The van der Waals surface area contributed by atoms with Crippen LogP contribution >= 0.6 is 0 Å². The molecule has 1 atom stereocenters. The Kier molecular flexibility index (Phi) is 6.47. The van der Waals surface area contributed by atoms with Crippen LogP contribution < -0.4 is 31.6 Å². The zero-order valence-electron chi connectivity index (χ0n) is 17.5. The Morgan fingerprint density at radius 3 is 2.69 bits per heavy atom. The third-order valence-electron chi connectivity index (χ3n) is 4.76. The smallest absolute Gasteiger partial charge is 0.211 e.